The number of aliphatic hydroxyl groups is 1. The first kappa shape index (κ1) is 24.5. The molecule has 176 valence electrons. The second-order valence-corrected chi connectivity index (χ2v) is 8.90. The van der Waals surface area contributed by atoms with Crippen LogP contribution in [0.25, 0.3) is 5.76 Å². The molecule has 1 atom stereocenters. The smallest absolute Gasteiger partial charge is 0.295 e. The lowest BCUT2D eigenvalue weighted by Gasteiger charge is -2.26. The summed E-state index contributed by atoms with van der Waals surface area (Å²) >= 11 is 0. The number of benzene rings is 2. The highest BCUT2D eigenvalue weighted by atomic mass is 16.5. The fraction of sp³-hybridized carbons (Fsp3) is 0.407. The summed E-state index contributed by atoms with van der Waals surface area (Å²) in [5.74, 6) is -0.446. The Kier molecular flexibility index (Phi) is 7.92. The number of aliphatic hydroxyl groups excluding tert-OH is 1. The van der Waals surface area contributed by atoms with E-state index in [1.54, 1.807) is 11.0 Å². The zero-order valence-electron chi connectivity index (χ0n) is 20.2. The second-order valence-electron chi connectivity index (χ2n) is 8.90. The van der Waals surface area contributed by atoms with Crippen LogP contribution in [0.2, 0.25) is 0 Å². The first-order valence-electron chi connectivity index (χ1n) is 11.5. The maximum Gasteiger partial charge on any atom is 0.295 e. The van der Waals surface area contributed by atoms with Crippen LogP contribution in [-0.2, 0) is 9.59 Å². The fourth-order valence-electron chi connectivity index (χ4n) is 4.24. The number of carbonyl (C=O) groups excluding carboxylic acids is 2. The topological polar surface area (TPSA) is 70.1 Å². The molecule has 1 amide bonds. The lowest BCUT2D eigenvalue weighted by atomic mass is 9.93. The highest BCUT2D eigenvalue weighted by Crippen LogP contribution is 2.40. The van der Waals surface area contributed by atoms with Crippen molar-refractivity contribution in [1.29, 1.82) is 0 Å². The summed E-state index contributed by atoms with van der Waals surface area (Å²) in [6.45, 7) is 7.79. The minimum absolute atomic E-state index is 0.134. The normalized spacial score (nSPS) is 17.9. The summed E-state index contributed by atoms with van der Waals surface area (Å²) in [5, 5.41) is 11.3. The third-order valence-corrected chi connectivity index (χ3v) is 5.86. The molecule has 1 fully saturated rings. The van der Waals surface area contributed by atoms with Crippen LogP contribution in [0.4, 0.5) is 0 Å². The van der Waals surface area contributed by atoms with Gasteiger partial charge in [-0.05, 0) is 69.2 Å². The van der Waals surface area contributed by atoms with Crippen LogP contribution in [0.3, 0.4) is 0 Å². The molecule has 6 nitrogen and oxygen atoms in total. The Morgan fingerprint density at radius 1 is 1.12 bits per heavy atom. The van der Waals surface area contributed by atoms with E-state index < -0.39 is 17.7 Å². The van der Waals surface area contributed by atoms with E-state index in [1.165, 1.54) is 0 Å². The molecule has 0 saturated carbocycles. The van der Waals surface area contributed by atoms with Crippen LogP contribution < -0.4 is 4.74 Å². The SMILES string of the molecule is CCOc1ccc(/C(O)=C2/C(=O)C(=O)N(CCCN(C)C)C2c2ccccc2)cc1C(C)C. The van der Waals surface area contributed by atoms with Gasteiger partial charge >= 0.3 is 0 Å². The number of amides is 1. The third kappa shape index (κ3) is 5.28. The third-order valence-electron chi connectivity index (χ3n) is 5.86. The molecule has 33 heavy (non-hydrogen) atoms. The monoisotopic (exact) mass is 450 g/mol. The van der Waals surface area contributed by atoms with E-state index in [0.29, 0.717) is 18.7 Å². The molecule has 3 rings (SSSR count). The van der Waals surface area contributed by atoms with Gasteiger partial charge in [-0.15, -0.1) is 0 Å². The Morgan fingerprint density at radius 2 is 1.82 bits per heavy atom. The van der Waals surface area contributed by atoms with Crippen LogP contribution in [0.1, 0.15) is 55.8 Å². The summed E-state index contributed by atoms with van der Waals surface area (Å²) < 4.78 is 5.74. The summed E-state index contributed by atoms with van der Waals surface area (Å²) in [6, 6.07) is 14.2. The van der Waals surface area contributed by atoms with Gasteiger partial charge in [0.15, 0.2) is 0 Å². The Hall–Kier alpha value is -3.12. The molecule has 0 aliphatic carbocycles. The van der Waals surface area contributed by atoms with Crippen molar-refractivity contribution < 1.29 is 19.4 Å². The predicted octanol–water partition coefficient (Wildman–Crippen LogP) is 4.58. The molecular formula is C27H34N2O4. The van der Waals surface area contributed by atoms with E-state index in [4.69, 9.17) is 4.74 Å². The fourth-order valence-corrected chi connectivity index (χ4v) is 4.24. The van der Waals surface area contributed by atoms with Gasteiger partial charge in [-0.25, -0.2) is 0 Å². The van der Waals surface area contributed by atoms with Crippen molar-refractivity contribution in [2.24, 2.45) is 0 Å². The average molecular weight is 451 g/mol. The van der Waals surface area contributed by atoms with Crippen LogP contribution >= 0.6 is 0 Å². The van der Waals surface area contributed by atoms with E-state index in [9.17, 15) is 14.7 Å². The molecule has 1 unspecified atom stereocenters. The van der Waals surface area contributed by atoms with Crippen molar-refractivity contribution in [3.63, 3.8) is 0 Å². The van der Waals surface area contributed by atoms with Crippen LogP contribution in [0.5, 0.6) is 5.75 Å². The van der Waals surface area contributed by atoms with Crippen molar-refractivity contribution in [3.8, 4) is 5.75 Å². The Bertz CT molecular complexity index is 1030. The van der Waals surface area contributed by atoms with Gasteiger partial charge in [-0.1, -0.05) is 44.2 Å². The first-order chi connectivity index (χ1) is 15.8. The molecule has 0 radical (unpaired) electrons. The van der Waals surface area contributed by atoms with Gasteiger partial charge in [0.25, 0.3) is 11.7 Å². The number of likely N-dealkylation sites (tertiary alicyclic amines) is 1. The van der Waals surface area contributed by atoms with Crippen molar-refractivity contribution in [3.05, 3.63) is 70.8 Å². The molecule has 2 aromatic rings. The molecule has 1 aliphatic rings. The maximum atomic E-state index is 13.2. The van der Waals surface area contributed by atoms with Gasteiger partial charge in [0, 0.05) is 12.1 Å². The van der Waals surface area contributed by atoms with E-state index in [0.717, 1.165) is 29.8 Å². The molecule has 1 heterocycles. The Labute approximate surface area is 196 Å². The minimum atomic E-state index is -0.647. The molecule has 1 saturated heterocycles. The van der Waals surface area contributed by atoms with Crippen molar-refractivity contribution >= 4 is 17.4 Å². The summed E-state index contributed by atoms with van der Waals surface area (Å²) in [5.41, 5.74) is 2.39. The molecule has 1 N–H and O–H groups in total. The number of ketones is 1. The van der Waals surface area contributed by atoms with Crippen molar-refractivity contribution in [1.82, 2.24) is 9.80 Å². The van der Waals surface area contributed by atoms with Gasteiger partial charge in [0.1, 0.15) is 11.5 Å². The predicted molar refractivity (Wildman–Crippen MR) is 130 cm³/mol. The Balaban J connectivity index is 2.10. The number of hydrogen-bond donors (Lipinski definition) is 1. The van der Waals surface area contributed by atoms with Crippen LogP contribution in [-0.4, -0.2) is 60.4 Å². The van der Waals surface area contributed by atoms with Crippen LogP contribution in [0, 0.1) is 0 Å². The summed E-state index contributed by atoms with van der Waals surface area (Å²) in [4.78, 5) is 29.8. The number of Topliss-reactive ketones (excluding diaryl/α,β-unsaturated/α-hetero) is 1. The molecule has 0 aromatic heterocycles. The van der Waals surface area contributed by atoms with Gasteiger partial charge in [-0.3, -0.25) is 9.59 Å². The van der Waals surface area contributed by atoms with Gasteiger partial charge in [-0.2, -0.15) is 0 Å². The zero-order chi connectivity index (χ0) is 24.1. The number of rotatable bonds is 9. The largest absolute Gasteiger partial charge is 0.507 e. The van der Waals surface area contributed by atoms with E-state index in [2.05, 4.69) is 13.8 Å². The second kappa shape index (κ2) is 10.7. The van der Waals surface area contributed by atoms with E-state index in [-0.39, 0.29) is 17.3 Å². The molecule has 2 aromatic carbocycles. The average Bonchev–Trinajstić information content (AvgIpc) is 3.04. The maximum absolute atomic E-state index is 13.2. The molecule has 0 spiro atoms. The highest BCUT2D eigenvalue weighted by molar-refractivity contribution is 6.46. The number of hydrogen-bond acceptors (Lipinski definition) is 5. The molecule has 1 aliphatic heterocycles. The zero-order valence-corrected chi connectivity index (χ0v) is 20.2. The lowest BCUT2D eigenvalue weighted by Crippen LogP contribution is -2.32. The number of nitrogens with zero attached hydrogens (tertiary/aromatic N) is 2. The van der Waals surface area contributed by atoms with Gasteiger partial charge in [0.05, 0.1) is 18.2 Å². The minimum Gasteiger partial charge on any atom is -0.507 e. The van der Waals surface area contributed by atoms with Crippen molar-refractivity contribution in [2.45, 2.75) is 39.2 Å². The summed E-state index contributed by atoms with van der Waals surface area (Å²) in [6.07, 6.45) is 0.726. The number of carbonyl (C=O) groups is 2. The molecule has 6 heteroatoms. The first-order valence-corrected chi connectivity index (χ1v) is 11.5. The standard InChI is InChI=1S/C27H34N2O4/c1-6-33-22-14-13-20(17-21(22)18(2)3)25(30)23-24(19-11-8-7-9-12-19)29(27(32)26(23)31)16-10-15-28(4)5/h7-9,11-14,17-18,24,30H,6,10,15-16H2,1-5H3/b25-23-. The molecular weight excluding hydrogens is 416 g/mol. The molecule has 0 bridgehead atoms. The van der Waals surface area contributed by atoms with Crippen molar-refractivity contribution in [2.75, 3.05) is 33.8 Å². The van der Waals surface area contributed by atoms with Crippen LogP contribution in [0.15, 0.2) is 54.1 Å². The Morgan fingerprint density at radius 3 is 2.42 bits per heavy atom. The van der Waals surface area contributed by atoms with Gasteiger partial charge < -0.3 is 19.6 Å². The van der Waals surface area contributed by atoms with E-state index >= 15 is 0 Å². The quantitative estimate of drug-likeness (QED) is 0.344. The highest BCUT2D eigenvalue weighted by Gasteiger charge is 2.45. The summed E-state index contributed by atoms with van der Waals surface area (Å²) in [7, 11) is 3.95. The number of ether oxygens (including phenoxy) is 1. The lowest BCUT2D eigenvalue weighted by molar-refractivity contribution is -0.139. The van der Waals surface area contributed by atoms with E-state index in [1.807, 2.05) is 68.4 Å². The van der Waals surface area contributed by atoms with Gasteiger partial charge in [0.2, 0.25) is 0 Å².